The SMILES string of the molecule is Cc1c(C#N)cc(F)cc1[C@@H](C)N[S@](=O)C(C)(C)C. The van der Waals surface area contributed by atoms with Gasteiger partial charge in [-0.15, -0.1) is 0 Å². The minimum absolute atomic E-state index is 0.289. The minimum atomic E-state index is -1.25. The zero-order chi connectivity index (χ0) is 14.8. The van der Waals surface area contributed by atoms with E-state index in [9.17, 15) is 8.60 Å². The Hall–Kier alpha value is -1.25. The molecule has 104 valence electrons. The molecule has 0 saturated carbocycles. The van der Waals surface area contributed by atoms with Crippen molar-refractivity contribution in [3.05, 3.63) is 34.6 Å². The minimum Gasteiger partial charge on any atom is -0.242 e. The van der Waals surface area contributed by atoms with Gasteiger partial charge in [-0.3, -0.25) is 0 Å². The third kappa shape index (κ3) is 3.85. The van der Waals surface area contributed by atoms with E-state index < -0.39 is 21.5 Å². The molecule has 2 atom stereocenters. The zero-order valence-corrected chi connectivity index (χ0v) is 12.7. The molecule has 1 aromatic rings. The molecule has 0 unspecified atom stereocenters. The number of halogens is 1. The summed E-state index contributed by atoms with van der Waals surface area (Å²) in [5, 5.41) is 8.96. The Morgan fingerprint density at radius 3 is 2.47 bits per heavy atom. The summed E-state index contributed by atoms with van der Waals surface area (Å²) >= 11 is 0. The van der Waals surface area contributed by atoms with Crippen molar-refractivity contribution in [2.24, 2.45) is 0 Å². The van der Waals surface area contributed by atoms with Gasteiger partial charge in [0.25, 0.3) is 0 Å². The van der Waals surface area contributed by atoms with E-state index in [0.29, 0.717) is 11.1 Å². The number of nitrogens with zero attached hydrogens (tertiary/aromatic N) is 1. The molecule has 5 heteroatoms. The van der Waals surface area contributed by atoms with Crippen LogP contribution < -0.4 is 4.72 Å². The van der Waals surface area contributed by atoms with Crippen LogP contribution in [0.5, 0.6) is 0 Å². The second-order valence-electron chi connectivity index (χ2n) is 5.50. The Bertz CT molecular complexity index is 544. The molecule has 0 aliphatic carbocycles. The van der Waals surface area contributed by atoms with Crippen molar-refractivity contribution >= 4 is 11.0 Å². The fourth-order valence-corrected chi connectivity index (χ4v) is 2.47. The first-order chi connectivity index (χ1) is 8.66. The molecular formula is C14H19FN2OS. The molecule has 0 spiro atoms. The summed E-state index contributed by atoms with van der Waals surface area (Å²) in [6.07, 6.45) is 0. The Labute approximate surface area is 116 Å². The summed E-state index contributed by atoms with van der Waals surface area (Å²) in [4.78, 5) is 0. The van der Waals surface area contributed by atoms with E-state index in [-0.39, 0.29) is 6.04 Å². The summed E-state index contributed by atoms with van der Waals surface area (Å²) in [7, 11) is -1.25. The third-order valence-electron chi connectivity index (χ3n) is 2.84. The van der Waals surface area contributed by atoms with E-state index in [0.717, 1.165) is 5.56 Å². The lowest BCUT2D eigenvalue weighted by Gasteiger charge is -2.23. The highest BCUT2D eigenvalue weighted by atomic mass is 32.2. The van der Waals surface area contributed by atoms with Crippen molar-refractivity contribution in [2.75, 3.05) is 0 Å². The molecule has 0 fully saturated rings. The molecule has 1 aromatic carbocycles. The van der Waals surface area contributed by atoms with Crippen molar-refractivity contribution in [2.45, 2.75) is 45.4 Å². The van der Waals surface area contributed by atoms with Crippen molar-refractivity contribution in [1.82, 2.24) is 4.72 Å². The fraction of sp³-hybridized carbons (Fsp3) is 0.500. The number of rotatable bonds is 3. The van der Waals surface area contributed by atoms with Crippen LogP contribution in [-0.4, -0.2) is 8.96 Å². The largest absolute Gasteiger partial charge is 0.242 e. The summed E-state index contributed by atoms with van der Waals surface area (Å²) in [6.45, 7) is 9.17. The maximum absolute atomic E-state index is 13.5. The number of benzene rings is 1. The summed E-state index contributed by atoms with van der Waals surface area (Å²) in [6, 6.07) is 4.28. The summed E-state index contributed by atoms with van der Waals surface area (Å²) in [5.74, 6) is -0.452. The molecular weight excluding hydrogens is 263 g/mol. The van der Waals surface area contributed by atoms with E-state index >= 15 is 0 Å². The quantitative estimate of drug-likeness (QED) is 0.926. The van der Waals surface area contributed by atoms with Crippen LogP contribution in [0.4, 0.5) is 4.39 Å². The highest BCUT2D eigenvalue weighted by Gasteiger charge is 2.23. The van der Waals surface area contributed by atoms with Gasteiger partial charge in [-0.2, -0.15) is 5.26 Å². The maximum atomic E-state index is 13.5. The van der Waals surface area contributed by atoms with Gasteiger partial charge in [-0.25, -0.2) is 13.3 Å². The lowest BCUT2D eigenvalue weighted by atomic mass is 9.98. The molecule has 0 heterocycles. The normalized spacial score (nSPS) is 14.8. The van der Waals surface area contributed by atoms with Gasteiger partial charge < -0.3 is 0 Å². The molecule has 19 heavy (non-hydrogen) atoms. The van der Waals surface area contributed by atoms with Crippen LogP contribution >= 0.6 is 0 Å². The predicted octanol–water partition coefficient (Wildman–Crippen LogP) is 3.12. The van der Waals surface area contributed by atoms with Gasteiger partial charge in [-0.05, 0) is 57.9 Å². The van der Waals surface area contributed by atoms with Gasteiger partial charge >= 0.3 is 0 Å². The summed E-state index contributed by atoms with van der Waals surface area (Å²) < 4.78 is 28.1. The molecule has 0 bridgehead atoms. The van der Waals surface area contributed by atoms with Crippen LogP contribution in [-0.2, 0) is 11.0 Å². The summed E-state index contributed by atoms with van der Waals surface area (Å²) in [5.41, 5.74) is 1.69. The van der Waals surface area contributed by atoms with Crippen LogP contribution in [0.3, 0.4) is 0 Å². The molecule has 0 radical (unpaired) electrons. The molecule has 0 aliphatic rings. The molecule has 1 N–H and O–H groups in total. The molecule has 0 amide bonds. The van der Waals surface area contributed by atoms with E-state index in [1.807, 2.05) is 33.8 Å². The van der Waals surface area contributed by atoms with Gasteiger partial charge in [-0.1, -0.05) is 0 Å². The van der Waals surface area contributed by atoms with Gasteiger partial charge in [0, 0.05) is 6.04 Å². The number of nitriles is 1. The lowest BCUT2D eigenvalue weighted by molar-refractivity contribution is 0.603. The molecule has 0 saturated heterocycles. The Morgan fingerprint density at radius 2 is 2.00 bits per heavy atom. The van der Waals surface area contributed by atoms with E-state index in [4.69, 9.17) is 5.26 Å². The molecule has 0 aromatic heterocycles. The highest BCUT2D eigenvalue weighted by molar-refractivity contribution is 7.84. The van der Waals surface area contributed by atoms with Crippen LogP contribution in [0, 0.1) is 24.1 Å². The molecule has 1 rings (SSSR count). The highest BCUT2D eigenvalue weighted by Crippen LogP contribution is 2.23. The van der Waals surface area contributed by atoms with Crippen LogP contribution in [0.2, 0.25) is 0 Å². The monoisotopic (exact) mass is 282 g/mol. The van der Waals surface area contributed by atoms with Crippen molar-refractivity contribution in [3.8, 4) is 6.07 Å². The lowest BCUT2D eigenvalue weighted by Crippen LogP contribution is -2.35. The van der Waals surface area contributed by atoms with E-state index in [2.05, 4.69) is 4.72 Å². The van der Waals surface area contributed by atoms with Crippen molar-refractivity contribution in [1.29, 1.82) is 5.26 Å². The van der Waals surface area contributed by atoms with E-state index in [1.54, 1.807) is 6.92 Å². The topological polar surface area (TPSA) is 52.9 Å². The number of hydrogen-bond donors (Lipinski definition) is 1. The van der Waals surface area contributed by atoms with Crippen LogP contribution in [0.25, 0.3) is 0 Å². The second-order valence-corrected chi connectivity index (χ2v) is 7.50. The Kier molecular flexibility index (Phi) is 4.83. The zero-order valence-electron chi connectivity index (χ0n) is 11.9. The average Bonchev–Trinajstić information content (AvgIpc) is 2.30. The second kappa shape index (κ2) is 5.81. The standard InChI is InChI=1S/C14H19FN2OS/c1-9-11(8-16)6-12(15)7-13(9)10(2)17-19(18)14(3,4)5/h6-7,10,17H,1-5H3/t10-,19-/m1/s1. The van der Waals surface area contributed by atoms with Gasteiger partial charge in [0.1, 0.15) is 5.82 Å². The smallest absolute Gasteiger partial charge is 0.124 e. The Balaban J connectivity index is 3.08. The predicted molar refractivity (Wildman–Crippen MR) is 75.3 cm³/mol. The number of hydrogen-bond acceptors (Lipinski definition) is 2. The van der Waals surface area contributed by atoms with Crippen molar-refractivity contribution < 1.29 is 8.60 Å². The van der Waals surface area contributed by atoms with Gasteiger partial charge in [0.15, 0.2) is 0 Å². The van der Waals surface area contributed by atoms with Gasteiger partial charge in [0.2, 0.25) is 0 Å². The fourth-order valence-electron chi connectivity index (χ4n) is 1.67. The van der Waals surface area contributed by atoms with Crippen molar-refractivity contribution in [3.63, 3.8) is 0 Å². The number of nitrogens with one attached hydrogen (secondary N) is 1. The molecule has 0 aliphatic heterocycles. The van der Waals surface area contributed by atoms with Crippen LogP contribution in [0.1, 0.15) is 50.4 Å². The first-order valence-corrected chi connectivity index (χ1v) is 7.20. The first kappa shape index (κ1) is 15.8. The van der Waals surface area contributed by atoms with E-state index in [1.165, 1.54) is 12.1 Å². The maximum Gasteiger partial charge on any atom is 0.124 e. The average molecular weight is 282 g/mol. The molecule has 3 nitrogen and oxygen atoms in total. The first-order valence-electron chi connectivity index (χ1n) is 6.05. The van der Waals surface area contributed by atoms with Crippen LogP contribution in [0.15, 0.2) is 12.1 Å². The third-order valence-corrected chi connectivity index (χ3v) is 4.52. The van der Waals surface area contributed by atoms with Gasteiger partial charge in [0.05, 0.1) is 27.4 Å². The Morgan fingerprint density at radius 1 is 1.42 bits per heavy atom.